The maximum atomic E-state index is 9.32. The molecule has 0 bridgehead atoms. The zero-order valence-electron chi connectivity index (χ0n) is 10.5. The van der Waals surface area contributed by atoms with Crippen LogP contribution in [0.2, 0.25) is 0 Å². The first-order valence-electron chi connectivity index (χ1n) is 6.38. The number of piperidine rings is 1. The number of phenolic OH excluding ortho intramolecular Hbond substituents is 1. The van der Waals surface area contributed by atoms with Crippen molar-refractivity contribution in [2.75, 3.05) is 26.7 Å². The number of aromatic hydroxyl groups is 1. The largest absolute Gasteiger partial charge is 0.508 e. The Bertz CT molecular complexity index is 342. The molecule has 1 aromatic rings. The first-order valence-corrected chi connectivity index (χ1v) is 6.38. The molecular weight excluding hydrogens is 212 g/mol. The van der Waals surface area contributed by atoms with Crippen molar-refractivity contribution in [2.24, 2.45) is 11.7 Å². The monoisotopic (exact) mass is 234 g/mol. The molecule has 1 aromatic carbocycles. The molecule has 0 aromatic heterocycles. The molecular formula is C14H22N2O. The molecule has 1 aliphatic rings. The van der Waals surface area contributed by atoms with Gasteiger partial charge in [-0.2, -0.15) is 0 Å². The maximum absolute atomic E-state index is 9.32. The summed E-state index contributed by atoms with van der Waals surface area (Å²) in [7, 11) is 2.17. The van der Waals surface area contributed by atoms with Crippen molar-refractivity contribution in [3.8, 4) is 5.75 Å². The average Bonchev–Trinajstić information content (AvgIpc) is 2.35. The Hall–Kier alpha value is -1.06. The summed E-state index contributed by atoms with van der Waals surface area (Å²) >= 11 is 0. The third kappa shape index (κ3) is 2.99. The van der Waals surface area contributed by atoms with Gasteiger partial charge in [0, 0.05) is 0 Å². The minimum absolute atomic E-state index is 0.327. The smallest absolute Gasteiger partial charge is 0.115 e. The predicted octanol–water partition coefficient (Wildman–Crippen LogP) is 1.78. The minimum Gasteiger partial charge on any atom is -0.508 e. The molecule has 0 spiro atoms. The fourth-order valence-electron chi connectivity index (χ4n) is 2.75. The lowest BCUT2D eigenvalue weighted by Crippen LogP contribution is -2.34. The van der Waals surface area contributed by atoms with Gasteiger partial charge >= 0.3 is 0 Å². The predicted molar refractivity (Wildman–Crippen MR) is 70.1 cm³/mol. The maximum Gasteiger partial charge on any atom is 0.115 e. The van der Waals surface area contributed by atoms with Crippen molar-refractivity contribution in [3.63, 3.8) is 0 Å². The van der Waals surface area contributed by atoms with Crippen LogP contribution in [0.3, 0.4) is 0 Å². The molecule has 94 valence electrons. The van der Waals surface area contributed by atoms with E-state index in [1.54, 1.807) is 12.1 Å². The zero-order chi connectivity index (χ0) is 12.3. The number of nitrogens with two attached hydrogens (primary N) is 1. The van der Waals surface area contributed by atoms with Crippen LogP contribution < -0.4 is 5.73 Å². The molecule has 3 nitrogen and oxygen atoms in total. The number of phenols is 1. The van der Waals surface area contributed by atoms with Gasteiger partial charge < -0.3 is 15.7 Å². The first-order chi connectivity index (χ1) is 8.20. The lowest BCUT2D eigenvalue weighted by atomic mass is 9.80. The molecule has 1 heterocycles. The zero-order valence-corrected chi connectivity index (χ0v) is 10.5. The summed E-state index contributed by atoms with van der Waals surface area (Å²) in [4.78, 5) is 2.38. The van der Waals surface area contributed by atoms with Crippen molar-refractivity contribution in [1.82, 2.24) is 4.90 Å². The number of hydrogen-bond acceptors (Lipinski definition) is 3. The van der Waals surface area contributed by atoms with Crippen molar-refractivity contribution >= 4 is 0 Å². The van der Waals surface area contributed by atoms with Crippen LogP contribution in [0.4, 0.5) is 0 Å². The molecule has 1 unspecified atom stereocenters. The van der Waals surface area contributed by atoms with Crippen LogP contribution in [0.15, 0.2) is 24.3 Å². The van der Waals surface area contributed by atoms with Gasteiger partial charge in [0.25, 0.3) is 0 Å². The van der Waals surface area contributed by atoms with E-state index in [4.69, 9.17) is 5.73 Å². The summed E-state index contributed by atoms with van der Waals surface area (Å²) in [6.07, 6.45) is 2.44. The van der Waals surface area contributed by atoms with Gasteiger partial charge in [-0.15, -0.1) is 0 Å². The molecule has 0 aliphatic carbocycles. The summed E-state index contributed by atoms with van der Waals surface area (Å²) in [5.74, 6) is 1.44. The molecule has 1 atom stereocenters. The third-order valence-corrected chi connectivity index (χ3v) is 3.91. The Balaban J connectivity index is 2.08. The molecule has 3 heteroatoms. The second kappa shape index (κ2) is 5.52. The van der Waals surface area contributed by atoms with Crippen LogP contribution in [0, 0.1) is 5.92 Å². The first kappa shape index (κ1) is 12.4. The van der Waals surface area contributed by atoms with E-state index >= 15 is 0 Å². The number of hydrogen-bond donors (Lipinski definition) is 2. The molecule has 17 heavy (non-hydrogen) atoms. The van der Waals surface area contributed by atoms with Gasteiger partial charge in [-0.05, 0) is 69.1 Å². The fourth-order valence-corrected chi connectivity index (χ4v) is 2.75. The van der Waals surface area contributed by atoms with Gasteiger partial charge in [0.2, 0.25) is 0 Å². The van der Waals surface area contributed by atoms with E-state index < -0.39 is 0 Å². The summed E-state index contributed by atoms with van der Waals surface area (Å²) in [5.41, 5.74) is 7.20. The minimum atomic E-state index is 0.327. The van der Waals surface area contributed by atoms with Gasteiger partial charge in [0.05, 0.1) is 0 Å². The Morgan fingerprint density at radius 2 is 1.88 bits per heavy atom. The topological polar surface area (TPSA) is 49.5 Å². The highest BCUT2D eigenvalue weighted by molar-refractivity contribution is 5.29. The van der Waals surface area contributed by atoms with Crippen molar-refractivity contribution in [3.05, 3.63) is 29.8 Å². The van der Waals surface area contributed by atoms with E-state index in [9.17, 15) is 5.11 Å². The van der Waals surface area contributed by atoms with Crippen molar-refractivity contribution in [1.29, 1.82) is 0 Å². The summed E-state index contributed by atoms with van der Waals surface area (Å²) in [5, 5.41) is 9.32. The molecule has 0 radical (unpaired) electrons. The highest BCUT2D eigenvalue weighted by Crippen LogP contribution is 2.32. The molecule has 3 N–H and O–H groups in total. The lowest BCUT2D eigenvalue weighted by molar-refractivity contribution is 0.199. The average molecular weight is 234 g/mol. The van der Waals surface area contributed by atoms with E-state index in [0.29, 0.717) is 24.1 Å². The molecule has 2 rings (SSSR count). The highest BCUT2D eigenvalue weighted by Gasteiger charge is 2.25. The number of likely N-dealkylation sites (tertiary alicyclic amines) is 1. The summed E-state index contributed by atoms with van der Waals surface area (Å²) in [6, 6.07) is 7.52. The Morgan fingerprint density at radius 3 is 2.41 bits per heavy atom. The molecule has 0 saturated carbocycles. The van der Waals surface area contributed by atoms with Crippen molar-refractivity contribution < 1.29 is 5.11 Å². The van der Waals surface area contributed by atoms with Gasteiger partial charge in [-0.1, -0.05) is 12.1 Å². The van der Waals surface area contributed by atoms with Gasteiger partial charge in [-0.25, -0.2) is 0 Å². The van der Waals surface area contributed by atoms with Crippen LogP contribution in [0.5, 0.6) is 5.75 Å². The normalized spacial score (nSPS) is 20.4. The molecule has 1 aliphatic heterocycles. The lowest BCUT2D eigenvalue weighted by Gasteiger charge is -2.34. The van der Waals surface area contributed by atoms with E-state index in [1.165, 1.54) is 31.5 Å². The quantitative estimate of drug-likeness (QED) is 0.838. The number of rotatable bonds is 3. The Kier molecular flexibility index (Phi) is 4.02. The molecule has 1 saturated heterocycles. The van der Waals surface area contributed by atoms with Gasteiger partial charge in [-0.3, -0.25) is 0 Å². The van der Waals surface area contributed by atoms with E-state index in [2.05, 4.69) is 11.9 Å². The van der Waals surface area contributed by atoms with E-state index in [0.717, 1.165) is 0 Å². The molecule has 0 amide bonds. The number of benzene rings is 1. The number of nitrogens with zero attached hydrogens (tertiary/aromatic N) is 1. The van der Waals surface area contributed by atoms with Gasteiger partial charge in [0.15, 0.2) is 0 Å². The highest BCUT2D eigenvalue weighted by atomic mass is 16.3. The van der Waals surface area contributed by atoms with E-state index in [-0.39, 0.29) is 0 Å². The fraction of sp³-hybridized carbons (Fsp3) is 0.571. The van der Waals surface area contributed by atoms with Crippen LogP contribution >= 0.6 is 0 Å². The Morgan fingerprint density at radius 1 is 1.29 bits per heavy atom. The van der Waals surface area contributed by atoms with Crippen molar-refractivity contribution in [2.45, 2.75) is 18.8 Å². The van der Waals surface area contributed by atoms with Crippen LogP contribution in [-0.2, 0) is 0 Å². The summed E-state index contributed by atoms with van der Waals surface area (Å²) in [6.45, 7) is 3.03. The van der Waals surface area contributed by atoms with Crippen LogP contribution in [0.25, 0.3) is 0 Å². The Labute approximate surface area is 103 Å². The SMILES string of the molecule is CN1CCC(C(CN)c2ccc(O)cc2)CC1. The standard InChI is InChI=1S/C14H22N2O/c1-16-8-6-12(7-9-16)14(10-15)11-2-4-13(17)5-3-11/h2-5,12,14,17H,6-10,15H2,1H3. The molecule has 1 fully saturated rings. The second-order valence-electron chi connectivity index (χ2n) is 5.07. The van der Waals surface area contributed by atoms with E-state index in [1.807, 2.05) is 12.1 Å². The van der Waals surface area contributed by atoms with Crippen LogP contribution in [0.1, 0.15) is 24.3 Å². The van der Waals surface area contributed by atoms with Gasteiger partial charge in [0.1, 0.15) is 5.75 Å². The van der Waals surface area contributed by atoms with Crippen LogP contribution in [-0.4, -0.2) is 36.7 Å². The second-order valence-corrected chi connectivity index (χ2v) is 5.07. The third-order valence-electron chi connectivity index (χ3n) is 3.91. The summed E-state index contributed by atoms with van der Waals surface area (Å²) < 4.78 is 0.